The highest BCUT2D eigenvalue weighted by Gasteiger charge is 2.50. The Morgan fingerprint density at radius 2 is 1.16 bits per heavy atom. The number of carbonyl (C=O) groups excluding carboxylic acids is 1. The van der Waals surface area contributed by atoms with Crippen molar-refractivity contribution in [3.8, 4) is 0 Å². The van der Waals surface area contributed by atoms with Gasteiger partial charge in [-0.15, -0.1) is 0 Å². The molecule has 13 nitrogen and oxygen atoms in total. The number of rotatable bonds is 21. The first-order chi connectivity index (χ1) is 21.4. The molecule has 2 fully saturated rings. The molecule has 8 unspecified atom stereocenters. The quantitative estimate of drug-likeness (QED) is 0.0782. The van der Waals surface area contributed by atoms with Gasteiger partial charge in [-0.05, 0) is 33.1 Å². The van der Waals surface area contributed by atoms with Crippen LogP contribution < -0.4 is 0 Å². The average Bonchev–Trinajstić information content (AvgIpc) is 2.98. The molecule has 2 heterocycles. The van der Waals surface area contributed by atoms with Crippen LogP contribution in [0.25, 0.3) is 0 Å². The number of carboxylic acids is 1. The van der Waals surface area contributed by atoms with Crippen LogP contribution in [0.15, 0.2) is 0 Å². The van der Waals surface area contributed by atoms with Crippen molar-refractivity contribution < 1.29 is 63.9 Å². The molecular formula is C32H58O13. The van der Waals surface area contributed by atoms with E-state index in [1.165, 1.54) is 6.92 Å². The number of hydrogen-bond donors (Lipinski definition) is 6. The fourth-order valence-corrected chi connectivity index (χ4v) is 5.71. The third-order valence-corrected chi connectivity index (χ3v) is 8.56. The van der Waals surface area contributed by atoms with E-state index in [4.69, 9.17) is 23.7 Å². The zero-order chi connectivity index (χ0) is 33.5. The normalized spacial score (nSPS) is 33.4. The summed E-state index contributed by atoms with van der Waals surface area (Å²) in [5, 5.41) is 61.7. The summed E-state index contributed by atoms with van der Waals surface area (Å²) in [6.45, 7) is 7.24. The van der Waals surface area contributed by atoms with E-state index in [1.54, 1.807) is 6.92 Å². The molecule has 2 aliphatic heterocycles. The maximum Gasteiger partial charge on any atom is 0.308 e. The molecule has 2 saturated heterocycles. The van der Waals surface area contributed by atoms with E-state index in [1.807, 2.05) is 0 Å². The Labute approximate surface area is 267 Å². The second kappa shape index (κ2) is 20.7. The van der Waals surface area contributed by atoms with Crippen LogP contribution in [0.3, 0.4) is 0 Å². The van der Waals surface area contributed by atoms with E-state index in [9.17, 15) is 40.2 Å². The monoisotopic (exact) mass is 650 g/mol. The molecule has 264 valence electrons. The van der Waals surface area contributed by atoms with Gasteiger partial charge in [0.15, 0.2) is 12.6 Å². The Balaban J connectivity index is 2.16. The van der Waals surface area contributed by atoms with Crippen molar-refractivity contribution in [3.05, 3.63) is 0 Å². The summed E-state index contributed by atoms with van der Waals surface area (Å²) < 4.78 is 29.1. The maximum absolute atomic E-state index is 13.1. The number of carbonyl (C=O) groups is 2. The number of unbranched alkanes of at least 4 members (excludes halogenated alkanes) is 8. The minimum Gasteiger partial charge on any atom is -0.481 e. The second-order valence-electron chi connectivity index (χ2n) is 12.6. The van der Waals surface area contributed by atoms with Gasteiger partial charge in [0.05, 0.1) is 31.2 Å². The van der Waals surface area contributed by atoms with Crippen molar-refractivity contribution >= 4 is 11.9 Å². The SMILES string of the molecule is CCCCCCCC(CC(=O)O)OC(=O)CC(CCCCCCC)OC1OC(C)[C@H](O)C(O)[C@@H]1OC1OC(C)[C@H](O)C(O)[C@@H]1O. The molecule has 2 rings (SSSR count). The van der Waals surface area contributed by atoms with Gasteiger partial charge in [0, 0.05) is 0 Å². The van der Waals surface area contributed by atoms with Gasteiger partial charge < -0.3 is 54.3 Å². The van der Waals surface area contributed by atoms with E-state index >= 15 is 0 Å². The molecule has 6 N–H and O–H groups in total. The van der Waals surface area contributed by atoms with Crippen molar-refractivity contribution in [2.75, 3.05) is 0 Å². The zero-order valence-corrected chi connectivity index (χ0v) is 27.4. The number of aliphatic carboxylic acids is 1. The molecule has 0 saturated carbocycles. The van der Waals surface area contributed by atoms with E-state index in [0.29, 0.717) is 12.8 Å². The molecular weight excluding hydrogens is 592 g/mol. The molecule has 0 aromatic heterocycles. The van der Waals surface area contributed by atoms with Crippen LogP contribution in [0.5, 0.6) is 0 Å². The third-order valence-electron chi connectivity index (χ3n) is 8.56. The number of aliphatic hydroxyl groups excluding tert-OH is 5. The van der Waals surface area contributed by atoms with Crippen LogP contribution in [-0.4, -0.2) is 116 Å². The number of aliphatic hydroxyl groups is 5. The largest absolute Gasteiger partial charge is 0.481 e. The number of hydrogen-bond acceptors (Lipinski definition) is 12. The molecule has 13 heteroatoms. The van der Waals surface area contributed by atoms with E-state index < -0.39 is 85.6 Å². The first-order valence-corrected chi connectivity index (χ1v) is 16.8. The Morgan fingerprint density at radius 1 is 0.644 bits per heavy atom. The van der Waals surface area contributed by atoms with E-state index in [-0.39, 0.29) is 12.8 Å². The summed E-state index contributed by atoms with van der Waals surface area (Å²) in [7, 11) is 0. The van der Waals surface area contributed by atoms with E-state index in [2.05, 4.69) is 13.8 Å². The molecule has 0 bridgehead atoms. The molecule has 0 aromatic rings. The number of ether oxygens (including phenoxy) is 5. The van der Waals surface area contributed by atoms with Crippen LogP contribution in [0.2, 0.25) is 0 Å². The lowest BCUT2D eigenvalue weighted by Crippen LogP contribution is -2.63. The minimum absolute atomic E-state index is 0.205. The third kappa shape index (κ3) is 13.3. The molecule has 2 aliphatic rings. The molecule has 0 spiro atoms. The predicted octanol–water partition coefficient (Wildman–Crippen LogP) is 2.55. The van der Waals surface area contributed by atoms with Crippen LogP contribution in [0.1, 0.15) is 118 Å². The van der Waals surface area contributed by atoms with Crippen LogP contribution in [0, 0.1) is 0 Å². The van der Waals surface area contributed by atoms with Gasteiger partial charge in [-0.1, -0.05) is 71.6 Å². The Kier molecular flexibility index (Phi) is 18.3. The Hall–Kier alpha value is -1.42. The van der Waals surface area contributed by atoms with E-state index in [0.717, 1.165) is 64.2 Å². The lowest BCUT2D eigenvalue weighted by Gasteiger charge is -2.46. The first-order valence-electron chi connectivity index (χ1n) is 16.8. The first kappa shape index (κ1) is 39.8. The number of carboxylic acid groups (broad SMARTS) is 1. The summed E-state index contributed by atoms with van der Waals surface area (Å²) in [5.74, 6) is -1.67. The highest BCUT2D eigenvalue weighted by Crippen LogP contribution is 2.31. The number of esters is 1. The van der Waals surface area contributed by atoms with Gasteiger partial charge in [0.1, 0.15) is 42.7 Å². The van der Waals surface area contributed by atoms with Crippen molar-refractivity contribution in [3.63, 3.8) is 0 Å². The van der Waals surface area contributed by atoms with Crippen molar-refractivity contribution in [2.45, 2.75) is 191 Å². The fourth-order valence-electron chi connectivity index (χ4n) is 5.71. The summed E-state index contributed by atoms with van der Waals surface area (Å²) in [5.41, 5.74) is 0. The lowest BCUT2D eigenvalue weighted by atomic mass is 9.97. The molecule has 0 radical (unpaired) electrons. The summed E-state index contributed by atoms with van der Waals surface area (Å²) in [4.78, 5) is 24.6. The van der Waals surface area contributed by atoms with Crippen molar-refractivity contribution in [2.24, 2.45) is 0 Å². The van der Waals surface area contributed by atoms with Gasteiger partial charge in [0.2, 0.25) is 0 Å². The molecule has 0 aromatic carbocycles. The molecule has 45 heavy (non-hydrogen) atoms. The summed E-state index contributed by atoms with van der Waals surface area (Å²) >= 11 is 0. The molecule has 12 atom stereocenters. The zero-order valence-electron chi connectivity index (χ0n) is 27.4. The minimum atomic E-state index is -1.67. The predicted molar refractivity (Wildman–Crippen MR) is 162 cm³/mol. The van der Waals surface area contributed by atoms with Crippen molar-refractivity contribution in [1.29, 1.82) is 0 Å². The highest BCUT2D eigenvalue weighted by atomic mass is 16.8. The Morgan fingerprint density at radius 3 is 1.71 bits per heavy atom. The summed E-state index contributed by atoms with van der Waals surface area (Å²) in [6.07, 6.45) is -5.07. The van der Waals surface area contributed by atoms with Gasteiger partial charge >= 0.3 is 11.9 Å². The maximum atomic E-state index is 13.1. The van der Waals surface area contributed by atoms with Gasteiger partial charge in [-0.3, -0.25) is 9.59 Å². The van der Waals surface area contributed by atoms with Gasteiger partial charge in [-0.25, -0.2) is 0 Å². The van der Waals surface area contributed by atoms with Crippen LogP contribution in [0.4, 0.5) is 0 Å². The van der Waals surface area contributed by atoms with Crippen LogP contribution in [-0.2, 0) is 33.3 Å². The second-order valence-corrected chi connectivity index (χ2v) is 12.6. The molecule has 0 aliphatic carbocycles. The van der Waals surface area contributed by atoms with Crippen molar-refractivity contribution in [1.82, 2.24) is 0 Å². The molecule has 0 amide bonds. The topological polar surface area (TPSA) is 202 Å². The summed E-state index contributed by atoms with van der Waals surface area (Å²) in [6, 6.07) is 0. The van der Waals surface area contributed by atoms with Crippen LogP contribution >= 0.6 is 0 Å². The fraction of sp³-hybridized carbons (Fsp3) is 0.938. The standard InChI is InChI=1S/C32H58O13/c1-5-7-9-11-13-15-21(17-23(33)34)43-24(35)18-22(16-14-12-10-8-6-2)44-32-30(28(39)26(37)20(4)42-32)45-31-29(40)27(38)25(36)19(3)41-31/h19-22,25-32,36-40H,5-18H2,1-4H3,(H,33,34)/t19?,20?,21?,22?,25-,26-,27?,28?,29-,30-,31?,32?/m0/s1. The smallest absolute Gasteiger partial charge is 0.308 e. The Bertz CT molecular complexity index is 844. The lowest BCUT2D eigenvalue weighted by molar-refractivity contribution is -0.366. The highest BCUT2D eigenvalue weighted by molar-refractivity contribution is 5.72. The average molecular weight is 651 g/mol. The van der Waals surface area contributed by atoms with Gasteiger partial charge in [-0.2, -0.15) is 0 Å². The van der Waals surface area contributed by atoms with Gasteiger partial charge in [0.25, 0.3) is 0 Å².